The highest BCUT2D eigenvalue weighted by molar-refractivity contribution is 6.97. The summed E-state index contributed by atoms with van der Waals surface area (Å²) in [4.78, 5) is 13.2. The van der Waals surface area contributed by atoms with E-state index in [4.69, 9.17) is 0 Å². The maximum absolute atomic E-state index is 4.52. The Balaban J connectivity index is 1.98. The van der Waals surface area contributed by atoms with E-state index in [1.165, 1.54) is 83.1 Å². The first kappa shape index (κ1) is 33.5. The molecule has 0 saturated carbocycles. The summed E-state index contributed by atoms with van der Waals surface area (Å²) in [6.45, 7) is 26.2. The second kappa shape index (κ2) is 13.9. The van der Waals surface area contributed by atoms with Gasteiger partial charge in [0.2, 0.25) is 6.71 Å². The van der Waals surface area contributed by atoms with Gasteiger partial charge in [0.1, 0.15) is 0 Å². The number of hydrogen-bond donors (Lipinski definition) is 0. The third kappa shape index (κ3) is 6.17. The number of benzene rings is 3. The van der Waals surface area contributed by atoms with E-state index in [0.29, 0.717) is 0 Å². The third-order valence-corrected chi connectivity index (χ3v) is 9.86. The number of rotatable bonds is 8. The number of nitrogens with zero attached hydrogens (tertiary/aromatic N) is 3. The van der Waals surface area contributed by atoms with Gasteiger partial charge in [0.25, 0.3) is 0 Å². The molecule has 236 valence electrons. The van der Waals surface area contributed by atoms with Crippen molar-refractivity contribution in [2.24, 2.45) is 4.99 Å². The number of pyridine rings is 2. The van der Waals surface area contributed by atoms with Crippen molar-refractivity contribution < 1.29 is 0 Å². The van der Waals surface area contributed by atoms with Crippen LogP contribution in [0.3, 0.4) is 0 Å². The molecular formula is C43H46BN3. The zero-order valence-corrected chi connectivity index (χ0v) is 29.7. The van der Waals surface area contributed by atoms with Gasteiger partial charge in [0.05, 0.1) is 0 Å². The van der Waals surface area contributed by atoms with E-state index >= 15 is 0 Å². The number of aromatic nitrogens is 2. The molecule has 0 aliphatic carbocycles. The van der Waals surface area contributed by atoms with Crippen LogP contribution in [0.4, 0.5) is 0 Å². The van der Waals surface area contributed by atoms with Crippen LogP contribution >= 0.6 is 0 Å². The first-order valence-electron chi connectivity index (χ1n) is 16.4. The fourth-order valence-corrected chi connectivity index (χ4v) is 7.93. The van der Waals surface area contributed by atoms with Crippen LogP contribution in [0.2, 0.25) is 0 Å². The second-order valence-corrected chi connectivity index (χ2v) is 12.9. The minimum Gasteiger partial charge on any atom is -0.272 e. The molecule has 0 N–H and O–H groups in total. The topological polar surface area (TPSA) is 38.1 Å². The molecule has 3 nitrogen and oxygen atoms in total. The van der Waals surface area contributed by atoms with Crippen LogP contribution < -0.4 is 16.4 Å². The van der Waals surface area contributed by atoms with Gasteiger partial charge < -0.3 is 0 Å². The molecule has 4 heteroatoms. The zero-order valence-electron chi connectivity index (χ0n) is 29.7. The van der Waals surface area contributed by atoms with Gasteiger partial charge in [-0.2, -0.15) is 0 Å². The lowest BCUT2D eigenvalue weighted by Crippen LogP contribution is -2.57. The molecular weight excluding hydrogens is 569 g/mol. The Labute approximate surface area is 282 Å². The lowest BCUT2D eigenvalue weighted by molar-refractivity contribution is 1.28. The molecule has 3 aromatic carbocycles. The molecule has 5 aromatic rings. The molecule has 0 radical (unpaired) electrons. The molecule has 0 spiro atoms. The Hall–Kier alpha value is -4.83. The highest BCUT2D eigenvalue weighted by Gasteiger charge is 2.33. The molecule has 0 saturated heterocycles. The van der Waals surface area contributed by atoms with Crippen LogP contribution in [0.5, 0.6) is 0 Å². The van der Waals surface area contributed by atoms with E-state index in [1.807, 2.05) is 43.1 Å². The van der Waals surface area contributed by atoms with Crippen LogP contribution in [-0.2, 0) is 0 Å². The van der Waals surface area contributed by atoms with Crippen molar-refractivity contribution in [2.75, 3.05) is 0 Å². The summed E-state index contributed by atoms with van der Waals surface area (Å²) in [6.07, 6.45) is 13.8. The summed E-state index contributed by atoms with van der Waals surface area (Å²) in [5.41, 5.74) is 22.6. The van der Waals surface area contributed by atoms with E-state index in [2.05, 4.69) is 133 Å². The van der Waals surface area contributed by atoms with Crippen molar-refractivity contribution >= 4 is 35.4 Å². The minimum absolute atomic E-state index is 0.0244. The molecule has 2 aromatic heterocycles. The predicted octanol–water partition coefficient (Wildman–Crippen LogP) is 8.72. The molecule has 0 fully saturated rings. The molecule has 0 aliphatic rings. The predicted molar refractivity (Wildman–Crippen MR) is 205 cm³/mol. The Morgan fingerprint density at radius 3 is 1.79 bits per heavy atom. The van der Waals surface area contributed by atoms with Crippen molar-refractivity contribution in [2.45, 2.75) is 69.2 Å². The lowest BCUT2D eigenvalue weighted by Gasteiger charge is -2.30. The normalized spacial score (nSPS) is 11.7. The summed E-state index contributed by atoms with van der Waals surface area (Å²) >= 11 is 0. The third-order valence-electron chi connectivity index (χ3n) is 9.86. The first-order valence-corrected chi connectivity index (χ1v) is 16.4. The maximum atomic E-state index is 4.52. The summed E-state index contributed by atoms with van der Waals surface area (Å²) < 4.78 is 0. The van der Waals surface area contributed by atoms with Gasteiger partial charge in [0, 0.05) is 47.7 Å². The Kier molecular flexibility index (Phi) is 9.91. The Morgan fingerprint density at radius 2 is 1.23 bits per heavy atom. The Morgan fingerprint density at radius 1 is 0.660 bits per heavy atom. The van der Waals surface area contributed by atoms with E-state index in [0.717, 1.165) is 16.7 Å². The average molecular weight is 616 g/mol. The first-order chi connectivity index (χ1) is 22.5. The molecule has 0 amide bonds. The molecule has 0 atom stereocenters. The standard InChI is InChI=1S/C43H46BN3/c1-12-15-35(23-45-11)39-27(3)20-29(5)42(33(39)9)44(38-22-26(2)31(7)41(32(38)8)37-17-14-19-47-25-37)43-30(6)21-28(4)40(34(43)10)36-16-13-18-46-24-36/h12-25H,11H2,1-10H3/b15-12-,35-23+. The van der Waals surface area contributed by atoms with Crippen LogP contribution in [0.1, 0.15) is 62.6 Å². The van der Waals surface area contributed by atoms with Crippen molar-refractivity contribution in [1.29, 1.82) is 0 Å². The Bertz CT molecular complexity index is 2040. The van der Waals surface area contributed by atoms with Crippen molar-refractivity contribution in [3.63, 3.8) is 0 Å². The van der Waals surface area contributed by atoms with Gasteiger partial charge >= 0.3 is 0 Å². The van der Waals surface area contributed by atoms with Crippen LogP contribution in [0.25, 0.3) is 27.8 Å². The van der Waals surface area contributed by atoms with E-state index in [9.17, 15) is 0 Å². The average Bonchev–Trinajstić information content (AvgIpc) is 3.03. The quantitative estimate of drug-likeness (QED) is 0.0995. The summed E-state index contributed by atoms with van der Waals surface area (Å²) in [5.74, 6) is 0. The molecule has 2 heterocycles. The summed E-state index contributed by atoms with van der Waals surface area (Å²) in [6, 6.07) is 15.6. The fourth-order valence-electron chi connectivity index (χ4n) is 7.93. The molecule has 5 rings (SSSR count). The van der Waals surface area contributed by atoms with Gasteiger partial charge in [-0.15, -0.1) is 0 Å². The monoisotopic (exact) mass is 615 g/mol. The van der Waals surface area contributed by atoms with Gasteiger partial charge in [0.15, 0.2) is 0 Å². The van der Waals surface area contributed by atoms with Gasteiger partial charge in [-0.1, -0.05) is 70.0 Å². The molecule has 0 bridgehead atoms. The van der Waals surface area contributed by atoms with Gasteiger partial charge in [-0.3, -0.25) is 15.0 Å². The van der Waals surface area contributed by atoms with Crippen LogP contribution in [0, 0.1) is 62.3 Å². The fraction of sp³-hybridized carbons (Fsp3) is 0.233. The van der Waals surface area contributed by atoms with Crippen molar-refractivity contribution in [3.05, 3.63) is 141 Å². The number of hydrogen-bond acceptors (Lipinski definition) is 3. The van der Waals surface area contributed by atoms with Crippen LogP contribution in [0.15, 0.2) is 90.6 Å². The SMILES string of the molecule is C=N/C=C(\C=C/C)c1c(C)cc(C)c(B(c2cc(C)c(C)c(-c3cccnc3)c2C)c2c(C)cc(C)c(-c3cccnc3)c2C)c1C. The number of aliphatic imine (C=N–C) groups is 1. The highest BCUT2D eigenvalue weighted by atomic mass is 14.6. The van der Waals surface area contributed by atoms with Gasteiger partial charge in [-0.25, -0.2) is 0 Å². The van der Waals surface area contributed by atoms with E-state index < -0.39 is 0 Å². The largest absolute Gasteiger partial charge is 0.272 e. The summed E-state index contributed by atoms with van der Waals surface area (Å²) in [7, 11) is 0. The second-order valence-electron chi connectivity index (χ2n) is 12.9. The minimum atomic E-state index is -0.0244. The maximum Gasteiger partial charge on any atom is 0.243 e. The van der Waals surface area contributed by atoms with Crippen LogP contribution in [-0.4, -0.2) is 23.4 Å². The van der Waals surface area contributed by atoms with Gasteiger partial charge in [-0.05, 0) is 144 Å². The molecule has 47 heavy (non-hydrogen) atoms. The van der Waals surface area contributed by atoms with E-state index in [-0.39, 0.29) is 6.71 Å². The smallest absolute Gasteiger partial charge is 0.243 e. The van der Waals surface area contributed by atoms with Crippen molar-refractivity contribution in [1.82, 2.24) is 9.97 Å². The summed E-state index contributed by atoms with van der Waals surface area (Å²) in [5, 5.41) is 0. The highest BCUT2D eigenvalue weighted by Crippen LogP contribution is 2.32. The lowest BCUT2D eigenvalue weighted by atomic mass is 9.33. The number of aryl methyl sites for hydroxylation is 5. The molecule has 0 aliphatic heterocycles. The number of allylic oxidation sites excluding steroid dienone is 3. The van der Waals surface area contributed by atoms with E-state index in [1.54, 1.807) is 0 Å². The molecule has 0 unspecified atom stereocenters. The zero-order chi connectivity index (χ0) is 34.0. The van der Waals surface area contributed by atoms with Crippen molar-refractivity contribution in [3.8, 4) is 22.3 Å².